The predicted octanol–water partition coefficient (Wildman–Crippen LogP) is 11.2. The summed E-state index contributed by atoms with van der Waals surface area (Å²) in [6, 6.07) is 40.8. The monoisotopic (exact) mass is 716 g/mol. The summed E-state index contributed by atoms with van der Waals surface area (Å²) in [6.07, 6.45) is 1.08. The molecule has 2 aromatic heterocycles. The van der Waals surface area contributed by atoms with Gasteiger partial charge in [0.15, 0.2) is 0 Å². The van der Waals surface area contributed by atoms with Gasteiger partial charge in [0, 0.05) is 10.8 Å². The summed E-state index contributed by atoms with van der Waals surface area (Å²) >= 11 is 0. The van der Waals surface area contributed by atoms with Crippen LogP contribution < -0.4 is 5.19 Å². The predicted molar refractivity (Wildman–Crippen MR) is 210 cm³/mol. The quantitative estimate of drug-likeness (QED) is 0.0974. The summed E-state index contributed by atoms with van der Waals surface area (Å²) in [6.45, 7) is 21.9. The molecule has 0 aliphatic heterocycles. The maximum Gasteiger partial charge on any atom is 2.00 e. The molecule has 0 amide bonds. The Bertz CT molecular complexity index is 1800. The fourth-order valence-electron chi connectivity index (χ4n) is 6.44. The van der Waals surface area contributed by atoms with E-state index in [-0.39, 0.29) is 35.3 Å². The average molecular weight is 717 g/mol. The van der Waals surface area contributed by atoms with E-state index in [4.69, 9.17) is 9.97 Å². The van der Waals surface area contributed by atoms with E-state index in [1.165, 1.54) is 16.3 Å². The second-order valence-corrected chi connectivity index (χ2v) is 25.2. The van der Waals surface area contributed by atoms with Crippen molar-refractivity contribution in [2.45, 2.75) is 82.8 Å². The van der Waals surface area contributed by atoms with Gasteiger partial charge in [-0.25, -0.2) is 18.2 Å². The molecule has 6 rings (SSSR count). The van der Waals surface area contributed by atoms with E-state index >= 15 is 0 Å². The number of nitrogens with zero attached hydrogens (tertiary/aromatic N) is 2. The van der Waals surface area contributed by atoms with Gasteiger partial charge in [0.2, 0.25) is 0 Å². The maximum atomic E-state index is 5.33. The Kier molecular flexibility index (Phi) is 11.6. The minimum atomic E-state index is -1.60. The van der Waals surface area contributed by atoms with E-state index < -0.39 is 13.2 Å². The van der Waals surface area contributed by atoms with Crippen molar-refractivity contribution in [3.63, 3.8) is 0 Å². The number of para-hydroxylation sites is 2. The van der Waals surface area contributed by atoms with Gasteiger partial charge in [0.1, 0.15) is 0 Å². The van der Waals surface area contributed by atoms with Crippen LogP contribution in [0.5, 0.6) is 0 Å². The second kappa shape index (κ2) is 14.6. The molecule has 0 N–H and O–H groups in total. The first kappa shape index (κ1) is 37.4. The summed E-state index contributed by atoms with van der Waals surface area (Å²) in [5, 5.41) is 3.70. The van der Waals surface area contributed by atoms with Crippen molar-refractivity contribution in [1.29, 1.82) is 0 Å². The van der Waals surface area contributed by atoms with Crippen LogP contribution in [-0.4, -0.2) is 28.4 Å². The molecule has 0 saturated heterocycles. The van der Waals surface area contributed by atoms with Gasteiger partial charge in [0.05, 0.1) is 35.7 Å². The minimum Gasteiger partial charge on any atom is -0.251 e. The standard InChI is InChI=1S/C36H45N2P2Si.C5H5.Fe/c1-34(2,3)40(35(4,5)6)24-27-22-28(41(7,8)9)23-29(27)36(39,32-20-18-25-14-10-12-16-30(25)37-32)33-21-19-26-15-11-13-17-31(26)38-33;1-2-4-5-3-1;/h10-23H,24,39H2,1-9H3;1-5H;/q2*-1;+2. The van der Waals surface area contributed by atoms with Gasteiger partial charge in [-0.05, 0) is 34.6 Å². The molecule has 6 heteroatoms. The molecule has 0 saturated carbocycles. The molecule has 2 nitrogen and oxygen atoms in total. The molecule has 0 aliphatic carbocycles. The molecule has 0 spiro atoms. The van der Waals surface area contributed by atoms with Crippen LogP contribution in [0.25, 0.3) is 21.8 Å². The molecular weight excluding hydrogens is 666 g/mol. The number of benzene rings is 2. The molecular formula is C41H50FeN2P2Si. The van der Waals surface area contributed by atoms with Crippen molar-refractivity contribution >= 4 is 52.2 Å². The normalized spacial score (nSPS) is 12.6. The third-order valence-electron chi connectivity index (χ3n) is 8.77. The topological polar surface area (TPSA) is 25.8 Å². The molecule has 0 aliphatic rings. The first-order valence-electron chi connectivity index (χ1n) is 16.3. The Labute approximate surface area is 298 Å². The number of rotatable bonds is 6. The largest absolute Gasteiger partial charge is 2.00 e. The number of hydrogen-bond acceptors (Lipinski definition) is 2. The number of pyridine rings is 2. The zero-order valence-corrected chi connectivity index (χ0v) is 33.6. The Morgan fingerprint density at radius 3 is 1.55 bits per heavy atom. The van der Waals surface area contributed by atoms with E-state index in [9.17, 15) is 0 Å². The van der Waals surface area contributed by atoms with Crippen LogP contribution in [0.1, 0.15) is 64.1 Å². The zero-order valence-electron chi connectivity index (χ0n) is 29.4. The molecule has 0 bridgehead atoms. The smallest absolute Gasteiger partial charge is 0.251 e. The molecule has 0 radical (unpaired) electrons. The van der Waals surface area contributed by atoms with Gasteiger partial charge >= 0.3 is 17.1 Å². The third kappa shape index (κ3) is 8.41. The second-order valence-electron chi connectivity index (χ2n) is 15.4. The minimum absolute atomic E-state index is 0. The molecule has 4 aromatic carbocycles. The summed E-state index contributed by atoms with van der Waals surface area (Å²) in [5.41, 5.74) is 6.87. The van der Waals surface area contributed by atoms with Crippen molar-refractivity contribution < 1.29 is 17.1 Å². The van der Waals surface area contributed by atoms with Crippen LogP contribution in [0.3, 0.4) is 0 Å². The van der Waals surface area contributed by atoms with Crippen LogP contribution >= 0.6 is 17.2 Å². The average Bonchev–Trinajstić information content (AvgIpc) is 3.72. The van der Waals surface area contributed by atoms with Gasteiger partial charge in [-0.15, -0.1) is 22.7 Å². The molecule has 1 unspecified atom stereocenters. The summed E-state index contributed by atoms with van der Waals surface area (Å²) in [5.74, 6) is 0. The fraction of sp³-hybridized carbons (Fsp3) is 0.317. The summed E-state index contributed by atoms with van der Waals surface area (Å²) in [7, 11) is 1.34. The zero-order chi connectivity index (χ0) is 33.3. The van der Waals surface area contributed by atoms with Crippen molar-refractivity contribution in [2.75, 3.05) is 0 Å². The molecule has 0 fully saturated rings. The summed E-state index contributed by atoms with van der Waals surface area (Å²) < 4.78 is 0. The molecule has 6 aromatic rings. The Balaban J connectivity index is 0.000000762. The van der Waals surface area contributed by atoms with Gasteiger partial charge in [0.25, 0.3) is 0 Å². The van der Waals surface area contributed by atoms with Crippen LogP contribution in [-0.2, 0) is 28.4 Å². The van der Waals surface area contributed by atoms with Crippen LogP contribution in [0.4, 0.5) is 0 Å². The molecule has 2 heterocycles. The first-order chi connectivity index (χ1) is 21.6. The molecule has 47 heavy (non-hydrogen) atoms. The Hall–Kier alpha value is -2.44. The van der Waals surface area contributed by atoms with E-state index in [1.54, 1.807) is 0 Å². The van der Waals surface area contributed by atoms with Gasteiger partial charge in [-0.3, -0.25) is 9.97 Å². The van der Waals surface area contributed by atoms with Gasteiger partial charge < -0.3 is 0 Å². The van der Waals surface area contributed by atoms with Crippen LogP contribution in [0.15, 0.2) is 115 Å². The molecule has 246 valence electrons. The number of aromatic nitrogens is 2. The van der Waals surface area contributed by atoms with Crippen molar-refractivity contribution in [1.82, 2.24) is 9.97 Å². The maximum absolute atomic E-state index is 5.33. The van der Waals surface area contributed by atoms with Crippen molar-refractivity contribution in [3.05, 3.63) is 138 Å². The van der Waals surface area contributed by atoms with Gasteiger partial charge in [-0.2, -0.15) is 35.0 Å². The Morgan fingerprint density at radius 2 is 1.15 bits per heavy atom. The van der Waals surface area contributed by atoms with Gasteiger partial charge in [-0.1, -0.05) is 116 Å². The SMILES string of the molecule is CC(C)(C)P(Cc1cc([Si](C)(C)C)[cH-]c1C(P)(c1ccc2ccccc2n1)c1ccc2ccccc2n1)C(C)(C)C.[Fe+2].c1cc[cH-]c1. The van der Waals surface area contributed by atoms with E-state index in [0.717, 1.165) is 39.4 Å². The van der Waals surface area contributed by atoms with Crippen LogP contribution in [0, 0.1) is 0 Å². The fourth-order valence-corrected chi connectivity index (χ4v) is 11.8. The van der Waals surface area contributed by atoms with E-state index in [0.29, 0.717) is 0 Å². The van der Waals surface area contributed by atoms with E-state index in [2.05, 4.69) is 155 Å². The number of hydrogen-bond donors (Lipinski definition) is 0. The van der Waals surface area contributed by atoms with Crippen molar-refractivity contribution in [3.8, 4) is 0 Å². The van der Waals surface area contributed by atoms with E-state index in [1.807, 2.05) is 30.3 Å². The van der Waals surface area contributed by atoms with Crippen LogP contribution in [0.2, 0.25) is 19.6 Å². The Morgan fingerprint density at radius 1 is 0.681 bits per heavy atom. The van der Waals surface area contributed by atoms with Crippen molar-refractivity contribution in [2.24, 2.45) is 0 Å². The molecule has 1 atom stereocenters. The third-order valence-corrected chi connectivity index (χ3v) is 15.6. The number of fused-ring (bicyclic) bond motifs is 2. The first-order valence-corrected chi connectivity index (χ1v) is 22.0. The summed E-state index contributed by atoms with van der Waals surface area (Å²) in [4.78, 5) is 10.7.